The van der Waals surface area contributed by atoms with Crippen LogP contribution in [0.1, 0.15) is 11.1 Å². The molecule has 1 aromatic carbocycles. The van der Waals surface area contributed by atoms with Gasteiger partial charge in [0.05, 0.1) is 17.3 Å². The normalized spacial score (nSPS) is 12.6. The highest BCUT2D eigenvalue weighted by Gasteiger charge is 2.17. The summed E-state index contributed by atoms with van der Waals surface area (Å²) in [5, 5.41) is 0. The molecule has 0 aliphatic carbocycles. The first-order valence-corrected chi connectivity index (χ1v) is 9.37. The Balaban J connectivity index is 2.84. The Hall–Kier alpha value is -0.990. The molecule has 0 spiro atoms. The quantitative estimate of drug-likeness (QED) is 0.812. The molecule has 19 heavy (non-hydrogen) atoms. The monoisotopic (exact) mass is 309 g/mol. The molecule has 0 aliphatic rings. The van der Waals surface area contributed by atoms with Crippen LogP contribution >= 0.6 is 0 Å². The molecule has 1 aromatic rings. The van der Waals surface area contributed by atoms with Crippen LogP contribution in [0, 0.1) is 5.82 Å². The van der Waals surface area contributed by atoms with Gasteiger partial charge in [0, 0.05) is 18.4 Å². The Bertz CT molecular complexity index is 653. The van der Waals surface area contributed by atoms with Gasteiger partial charge in [0.1, 0.15) is 15.7 Å². The number of rotatable bonds is 6. The highest BCUT2D eigenvalue weighted by molar-refractivity contribution is 7.94. The van der Waals surface area contributed by atoms with E-state index in [1.807, 2.05) is 0 Å². The molecule has 0 amide bonds. The van der Waals surface area contributed by atoms with E-state index in [4.69, 9.17) is 5.73 Å². The van der Waals surface area contributed by atoms with Gasteiger partial charge in [-0.05, 0) is 11.6 Å². The van der Waals surface area contributed by atoms with Crippen LogP contribution in [0.2, 0.25) is 0 Å². The maximum absolute atomic E-state index is 13.6. The van der Waals surface area contributed by atoms with Crippen LogP contribution < -0.4 is 5.73 Å². The van der Waals surface area contributed by atoms with Gasteiger partial charge in [0.2, 0.25) is 0 Å². The predicted octanol–water partition coefficient (Wildman–Crippen LogP) is 0.244. The Kier molecular flexibility index (Phi) is 5.05. The second-order valence-corrected chi connectivity index (χ2v) is 8.80. The van der Waals surface area contributed by atoms with Crippen LogP contribution in [0.3, 0.4) is 0 Å². The fourth-order valence-corrected chi connectivity index (χ4v) is 4.50. The molecule has 2 N–H and O–H groups in total. The molecular formula is C11H16FNO4S2. The number of benzene rings is 1. The lowest BCUT2D eigenvalue weighted by molar-refractivity contribution is 0.584. The van der Waals surface area contributed by atoms with E-state index in [0.29, 0.717) is 5.56 Å². The molecule has 0 aromatic heterocycles. The fourth-order valence-electron chi connectivity index (χ4n) is 1.42. The predicted molar refractivity (Wildman–Crippen MR) is 71.5 cm³/mol. The third kappa shape index (κ3) is 5.66. The highest BCUT2D eigenvalue weighted by Crippen LogP contribution is 2.14. The second kappa shape index (κ2) is 5.98. The van der Waals surface area contributed by atoms with E-state index in [9.17, 15) is 21.2 Å². The van der Waals surface area contributed by atoms with Crippen LogP contribution in [0.4, 0.5) is 4.39 Å². The molecule has 8 heteroatoms. The highest BCUT2D eigenvalue weighted by atomic mass is 32.2. The van der Waals surface area contributed by atoms with Crippen LogP contribution in [0.5, 0.6) is 0 Å². The lowest BCUT2D eigenvalue weighted by Gasteiger charge is -2.06. The summed E-state index contributed by atoms with van der Waals surface area (Å²) in [5.74, 6) is -2.13. The van der Waals surface area contributed by atoms with E-state index in [2.05, 4.69) is 0 Å². The Morgan fingerprint density at radius 2 is 1.79 bits per heavy atom. The van der Waals surface area contributed by atoms with E-state index >= 15 is 0 Å². The van der Waals surface area contributed by atoms with Crippen molar-refractivity contribution in [3.8, 4) is 0 Å². The summed E-state index contributed by atoms with van der Waals surface area (Å²) in [6.07, 6.45) is 0.957. The lowest BCUT2D eigenvalue weighted by atomic mass is 10.1. The van der Waals surface area contributed by atoms with Crippen molar-refractivity contribution >= 4 is 19.7 Å². The average Bonchev–Trinajstić information content (AvgIpc) is 2.28. The number of sulfone groups is 2. The number of hydrogen-bond donors (Lipinski definition) is 1. The smallest absolute Gasteiger partial charge is 0.155 e. The standard InChI is InChI=1S/C11H16FNO4S2/c1-18(14,15)4-5-19(16,17)8-10-3-2-9(7-13)6-11(10)12/h2-3,6H,4-5,7-8,13H2,1H3. The van der Waals surface area contributed by atoms with Gasteiger partial charge in [-0.3, -0.25) is 0 Å². The van der Waals surface area contributed by atoms with Gasteiger partial charge in [-0.15, -0.1) is 0 Å². The zero-order valence-corrected chi connectivity index (χ0v) is 12.1. The van der Waals surface area contributed by atoms with Gasteiger partial charge in [-0.25, -0.2) is 21.2 Å². The Labute approximate surface area is 112 Å². The first-order valence-electron chi connectivity index (χ1n) is 5.48. The van der Waals surface area contributed by atoms with E-state index in [1.165, 1.54) is 12.1 Å². The minimum Gasteiger partial charge on any atom is -0.326 e. The molecule has 0 saturated heterocycles. The van der Waals surface area contributed by atoms with Crippen molar-refractivity contribution in [2.45, 2.75) is 12.3 Å². The molecule has 0 atom stereocenters. The summed E-state index contributed by atoms with van der Waals surface area (Å²) in [5.41, 5.74) is 5.92. The van der Waals surface area contributed by atoms with Crippen LogP contribution in [0.15, 0.2) is 18.2 Å². The summed E-state index contributed by atoms with van der Waals surface area (Å²) < 4.78 is 58.9. The van der Waals surface area contributed by atoms with Crippen molar-refractivity contribution in [2.75, 3.05) is 17.8 Å². The maximum atomic E-state index is 13.6. The molecule has 0 fully saturated rings. The van der Waals surface area contributed by atoms with Crippen LogP contribution in [-0.4, -0.2) is 34.6 Å². The van der Waals surface area contributed by atoms with Gasteiger partial charge in [0.15, 0.2) is 9.84 Å². The van der Waals surface area contributed by atoms with E-state index < -0.39 is 42.8 Å². The average molecular weight is 309 g/mol. The van der Waals surface area contributed by atoms with Gasteiger partial charge >= 0.3 is 0 Å². The summed E-state index contributed by atoms with van der Waals surface area (Å²) in [6, 6.07) is 4.08. The summed E-state index contributed by atoms with van der Waals surface area (Å²) >= 11 is 0. The van der Waals surface area contributed by atoms with Crippen molar-refractivity contribution in [2.24, 2.45) is 5.73 Å². The fraction of sp³-hybridized carbons (Fsp3) is 0.455. The molecular weight excluding hydrogens is 293 g/mol. The van der Waals surface area contributed by atoms with Crippen LogP contribution in [0.25, 0.3) is 0 Å². The molecule has 108 valence electrons. The van der Waals surface area contributed by atoms with Crippen molar-refractivity contribution < 1.29 is 21.2 Å². The van der Waals surface area contributed by atoms with Gasteiger partial charge in [-0.2, -0.15) is 0 Å². The van der Waals surface area contributed by atoms with Crippen molar-refractivity contribution in [1.29, 1.82) is 0 Å². The van der Waals surface area contributed by atoms with E-state index in [1.54, 1.807) is 6.07 Å². The van der Waals surface area contributed by atoms with Gasteiger partial charge in [-0.1, -0.05) is 12.1 Å². The zero-order chi connectivity index (χ0) is 14.7. The number of nitrogens with two attached hydrogens (primary N) is 1. The van der Waals surface area contributed by atoms with Crippen LogP contribution in [-0.2, 0) is 32.0 Å². The molecule has 5 nitrogen and oxygen atoms in total. The van der Waals surface area contributed by atoms with E-state index in [-0.39, 0.29) is 12.1 Å². The van der Waals surface area contributed by atoms with E-state index in [0.717, 1.165) is 6.26 Å². The first kappa shape index (κ1) is 16.1. The maximum Gasteiger partial charge on any atom is 0.155 e. The minimum atomic E-state index is -3.66. The van der Waals surface area contributed by atoms with Crippen molar-refractivity contribution in [3.05, 3.63) is 35.1 Å². The molecule has 0 unspecified atom stereocenters. The number of halogens is 1. The molecule has 0 aliphatic heterocycles. The summed E-state index contributed by atoms with van der Waals surface area (Å²) in [4.78, 5) is 0. The summed E-state index contributed by atoms with van der Waals surface area (Å²) in [6.45, 7) is 0.165. The third-order valence-corrected chi connectivity index (χ3v) is 5.27. The SMILES string of the molecule is CS(=O)(=O)CCS(=O)(=O)Cc1ccc(CN)cc1F. The van der Waals surface area contributed by atoms with Crippen molar-refractivity contribution in [1.82, 2.24) is 0 Å². The lowest BCUT2D eigenvalue weighted by Crippen LogP contribution is -2.18. The largest absolute Gasteiger partial charge is 0.326 e. The number of hydrogen-bond acceptors (Lipinski definition) is 5. The Morgan fingerprint density at radius 3 is 2.26 bits per heavy atom. The molecule has 1 rings (SSSR count). The van der Waals surface area contributed by atoms with Crippen molar-refractivity contribution in [3.63, 3.8) is 0 Å². The zero-order valence-electron chi connectivity index (χ0n) is 10.5. The van der Waals surface area contributed by atoms with Gasteiger partial charge < -0.3 is 5.73 Å². The first-order chi connectivity index (χ1) is 8.63. The summed E-state index contributed by atoms with van der Waals surface area (Å²) in [7, 11) is -7.02. The molecule has 0 bridgehead atoms. The van der Waals surface area contributed by atoms with Gasteiger partial charge in [0.25, 0.3) is 0 Å². The molecule has 0 saturated carbocycles. The molecule has 0 radical (unpaired) electrons. The Morgan fingerprint density at radius 1 is 1.16 bits per heavy atom. The minimum absolute atomic E-state index is 0.0192. The molecule has 0 heterocycles. The third-order valence-electron chi connectivity index (χ3n) is 2.49. The topological polar surface area (TPSA) is 94.3 Å². The second-order valence-electron chi connectivity index (χ2n) is 4.35.